The van der Waals surface area contributed by atoms with Gasteiger partial charge in [-0.1, -0.05) is 24.3 Å². The molecule has 0 aliphatic rings. The summed E-state index contributed by atoms with van der Waals surface area (Å²) in [5.74, 6) is 0.502. The largest absolute Gasteiger partial charge is 0.481 e. The standard InChI is InChI=1S/C20H20N2O2S/c1-13-6-4-9-18(10-13)24-14(2)20(23)22-17-8-5-7-16(11-17)19-12-25-15(3)21-19/h4-12,14H,1-3H3,(H,22,23). The van der Waals surface area contributed by atoms with E-state index < -0.39 is 6.10 Å². The number of nitrogens with one attached hydrogen (secondary N) is 1. The highest BCUT2D eigenvalue weighted by Gasteiger charge is 2.15. The molecule has 3 rings (SSSR count). The number of ether oxygens (including phenoxy) is 1. The molecular formula is C20H20N2O2S. The van der Waals surface area contributed by atoms with Gasteiger partial charge in [0.2, 0.25) is 0 Å². The molecule has 1 amide bonds. The number of rotatable bonds is 5. The third-order valence-corrected chi connectivity index (χ3v) is 4.49. The Hall–Kier alpha value is -2.66. The second-order valence-corrected chi connectivity index (χ2v) is 6.96. The zero-order valence-corrected chi connectivity index (χ0v) is 15.3. The number of aryl methyl sites for hydroxylation is 2. The van der Waals surface area contributed by atoms with E-state index in [-0.39, 0.29) is 5.91 Å². The van der Waals surface area contributed by atoms with Crippen LogP contribution in [0.1, 0.15) is 17.5 Å². The second-order valence-electron chi connectivity index (χ2n) is 5.90. The minimum absolute atomic E-state index is 0.187. The number of anilines is 1. The van der Waals surface area contributed by atoms with Crippen LogP contribution >= 0.6 is 11.3 Å². The van der Waals surface area contributed by atoms with Crippen LogP contribution < -0.4 is 10.1 Å². The summed E-state index contributed by atoms with van der Waals surface area (Å²) in [5.41, 5.74) is 3.72. The summed E-state index contributed by atoms with van der Waals surface area (Å²) in [5, 5.41) is 5.94. The number of carbonyl (C=O) groups is 1. The van der Waals surface area contributed by atoms with Gasteiger partial charge in [0, 0.05) is 16.6 Å². The quantitative estimate of drug-likeness (QED) is 0.715. The summed E-state index contributed by atoms with van der Waals surface area (Å²) in [6, 6.07) is 15.3. The molecule has 128 valence electrons. The topological polar surface area (TPSA) is 51.2 Å². The van der Waals surface area contributed by atoms with Crippen LogP contribution in [0, 0.1) is 13.8 Å². The van der Waals surface area contributed by atoms with Crippen molar-refractivity contribution in [3.63, 3.8) is 0 Å². The number of amides is 1. The van der Waals surface area contributed by atoms with Crippen molar-refractivity contribution in [3.8, 4) is 17.0 Å². The molecule has 1 atom stereocenters. The molecule has 0 bridgehead atoms. The number of benzene rings is 2. The number of hydrogen-bond acceptors (Lipinski definition) is 4. The monoisotopic (exact) mass is 352 g/mol. The van der Waals surface area contributed by atoms with Gasteiger partial charge in [-0.05, 0) is 50.6 Å². The van der Waals surface area contributed by atoms with Gasteiger partial charge in [-0.2, -0.15) is 0 Å². The average Bonchev–Trinajstić information content (AvgIpc) is 3.01. The minimum Gasteiger partial charge on any atom is -0.481 e. The van der Waals surface area contributed by atoms with E-state index in [1.54, 1.807) is 18.3 Å². The molecule has 5 heteroatoms. The Morgan fingerprint density at radius 1 is 1.16 bits per heavy atom. The first-order chi connectivity index (χ1) is 12.0. The normalized spacial score (nSPS) is 11.8. The highest BCUT2D eigenvalue weighted by molar-refractivity contribution is 7.09. The molecule has 2 aromatic carbocycles. The molecule has 0 radical (unpaired) electrons. The molecule has 25 heavy (non-hydrogen) atoms. The van der Waals surface area contributed by atoms with E-state index in [9.17, 15) is 4.79 Å². The zero-order valence-electron chi connectivity index (χ0n) is 14.4. The molecule has 0 spiro atoms. The lowest BCUT2D eigenvalue weighted by Crippen LogP contribution is -2.30. The molecule has 0 aliphatic heterocycles. The molecule has 1 aromatic heterocycles. The maximum atomic E-state index is 12.4. The molecule has 1 heterocycles. The van der Waals surface area contributed by atoms with Crippen LogP contribution in [0.4, 0.5) is 5.69 Å². The molecular weight excluding hydrogens is 332 g/mol. The number of aromatic nitrogens is 1. The van der Waals surface area contributed by atoms with Crippen molar-refractivity contribution in [3.05, 3.63) is 64.5 Å². The fraction of sp³-hybridized carbons (Fsp3) is 0.200. The van der Waals surface area contributed by atoms with Crippen molar-refractivity contribution in [2.45, 2.75) is 26.9 Å². The summed E-state index contributed by atoms with van der Waals surface area (Å²) in [6.45, 7) is 5.71. The Kier molecular flexibility index (Phi) is 5.14. The van der Waals surface area contributed by atoms with Gasteiger partial charge in [0.05, 0.1) is 10.7 Å². The molecule has 0 aliphatic carbocycles. The van der Waals surface area contributed by atoms with Crippen LogP contribution in [0.25, 0.3) is 11.3 Å². The summed E-state index contributed by atoms with van der Waals surface area (Å²) < 4.78 is 5.72. The molecule has 1 unspecified atom stereocenters. The SMILES string of the molecule is Cc1cccc(OC(C)C(=O)Nc2cccc(-c3csc(C)n3)c2)c1. The van der Waals surface area contributed by atoms with Gasteiger partial charge in [0.15, 0.2) is 6.10 Å². The van der Waals surface area contributed by atoms with Crippen LogP contribution in [0.2, 0.25) is 0 Å². The number of nitrogens with zero attached hydrogens (tertiary/aromatic N) is 1. The predicted molar refractivity (Wildman–Crippen MR) is 102 cm³/mol. The summed E-state index contributed by atoms with van der Waals surface area (Å²) in [7, 11) is 0. The number of carbonyl (C=O) groups excluding carboxylic acids is 1. The van der Waals surface area contributed by atoms with Crippen LogP contribution in [0.3, 0.4) is 0 Å². The second kappa shape index (κ2) is 7.49. The third kappa shape index (κ3) is 4.45. The lowest BCUT2D eigenvalue weighted by molar-refractivity contribution is -0.122. The van der Waals surface area contributed by atoms with E-state index in [2.05, 4.69) is 10.3 Å². The zero-order chi connectivity index (χ0) is 17.8. The fourth-order valence-electron chi connectivity index (χ4n) is 2.44. The smallest absolute Gasteiger partial charge is 0.265 e. The van der Waals surface area contributed by atoms with Gasteiger partial charge >= 0.3 is 0 Å². The first-order valence-corrected chi connectivity index (χ1v) is 8.96. The van der Waals surface area contributed by atoms with Crippen LogP contribution in [0.5, 0.6) is 5.75 Å². The fourth-order valence-corrected chi connectivity index (χ4v) is 3.06. The number of thiazole rings is 1. The molecule has 0 saturated heterocycles. The third-order valence-electron chi connectivity index (χ3n) is 3.72. The maximum Gasteiger partial charge on any atom is 0.265 e. The van der Waals surface area contributed by atoms with Crippen molar-refractivity contribution in [2.75, 3.05) is 5.32 Å². The van der Waals surface area contributed by atoms with Crippen molar-refractivity contribution in [2.24, 2.45) is 0 Å². The van der Waals surface area contributed by atoms with E-state index in [1.165, 1.54) is 0 Å². The minimum atomic E-state index is -0.591. The van der Waals surface area contributed by atoms with Crippen molar-refractivity contribution >= 4 is 22.9 Å². The van der Waals surface area contributed by atoms with E-state index in [1.807, 2.05) is 67.8 Å². The van der Waals surface area contributed by atoms with Gasteiger partial charge in [-0.15, -0.1) is 11.3 Å². The predicted octanol–water partition coefficient (Wildman–Crippen LogP) is 4.83. The molecule has 0 fully saturated rings. The Bertz CT molecular complexity index is 889. The van der Waals surface area contributed by atoms with Crippen LogP contribution in [0.15, 0.2) is 53.9 Å². The first kappa shape index (κ1) is 17.2. The van der Waals surface area contributed by atoms with Gasteiger partial charge in [-0.25, -0.2) is 4.98 Å². The lowest BCUT2D eigenvalue weighted by atomic mass is 10.1. The van der Waals surface area contributed by atoms with Crippen molar-refractivity contribution < 1.29 is 9.53 Å². The Morgan fingerprint density at radius 2 is 1.96 bits per heavy atom. The van der Waals surface area contributed by atoms with Crippen molar-refractivity contribution in [1.82, 2.24) is 4.98 Å². The molecule has 1 N–H and O–H groups in total. The summed E-state index contributed by atoms with van der Waals surface area (Å²) >= 11 is 1.61. The van der Waals surface area contributed by atoms with E-state index in [0.717, 1.165) is 27.5 Å². The molecule has 4 nitrogen and oxygen atoms in total. The Morgan fingerprint density at radius 3 is 2.68 bits per heavy atom. The molecule has 0 saturated carbocycles. The Labute approximate surface area is 151 Å². The van der Waals surface area contributed by atoms with Gasteiger partial charge < -0.3 is 10.1 Å². The number of hydrogen-bond donors (Lipinski definition) is 1. The highest BCUT2D eigenvalue weighted by Crippen LogP contribution is 2.24. The molecule has 3 aromatic rings. The lowest BCUT2D eigenvalue weighted by Gasteiger charge is -2.15. The van der Waals surface area contributed by atoms with E-state index in [0.29, 0.717) is 5.75 Å². The summed E-state index contributed by atoms with van der Waals surface area (Å²) in [4.78, 5) is 16.9. The van der Waals surface area contributed by atoms with Gasteiger partial charge in [-0.3, -0.25) is 4.79 Å². The van der Waals surface area contributed by atoms with E-state index >= 15 is 0 Å². The maximum absolute atomic E-state index is 12.4. The average molecular weight is 352 g/mol. The van der Waals surface area contributed by atoms with Crippen LogP contribution in [-0.2, 0) is 4.79 Å². The van der Waals surface area contributed by atoms with Crippen molar-refractivity contribution in [1.29, 1.82) is 0 Å². The highest BCUT2D eigenvalue weighted by atomic mass is 32.1. The first-order valence-electron chi connectivity index (χ1n) is 8.08. The summed E-state index contributed by atoms with van der Waals surface area (Å²) in [6.07, 6.45) is -0.591. The van der Waals surface area contributed by atoms with Gasteiger partial charge in [0.25, 0.3) is 5.91 Å². The van der Waals surface area contributed by atoms with Crippen LogP contribution in [-0.4, -0.2) is 17.0 Å². The van der Waals surface area contributed by atoms with Gasteiger partial charge in [0.1, 0.15) is 5.75 Å². The Balaban J connectivity index is 1.68. The van der Waals surface area contributed by atoms with E-state index in [4.69, 9.17) is 4.74 Å².